The average Bonchev–Trinajstić information content (AvgIpc) is 3.28. The van der Waals surface area contributed by atoms with Crippen LogP contribution in [0.2, 0.25) is 10.0 Å². The molecule has 1 heterocycles. The van der Waals surface area contributed by atoms with Gasteiger partial charge in [0.15, 0.2) is 0 Å². The van der Waals surface area contributed by atoms with E-state index in [0.717, 1.165) is 17.9 Å². The molecular formula is C26H24Cl2N2S. The number of aromatic nitrogens is 2. The van der Waals surface area contributed by atoms with E-state index in [9.17, 15) is 0 Å². The van der Waals surface area contributed by atoms with Crippen molar-refractivity contribution in [1.82, 2.24) is 9.55 Å². The van der Waals surface area contributed by atoms with Crippen LogP contribution in [0.5, 0.6) is 0 Å². The smallest absolute Gasteiger partial charge is 0.0946 e. The SMILES string of the molecule is CC(Cn1ccnc1)C(c1ccccc1)c1ccc(SCc2ccc(Cl)cc2Cl)cc1. The summed E-state index contributed by atoms with van der Waals surface area (Å²) < 4.78 is 2.15. The van der Waals surface area contributed by atoms with E-state index >= 15 is 0 Å². The van der Waals surface area contributed by atoms with Crippen molar-refractivity contribution >= 4 is 35.0 Å². The fourth-order valence-corrected chi connectivity index (χ4v) is 5.37. The zero-order valence-electron chi connectivity index (χ0n) is 17.3. The average molecular weight is 467 g/mol. The Morgan fingerprint density at radius 3 is 2.35 bits per heavy atom. The lowest BCUT2D eigenvalue weighted by molar-refractivity contribution is 0.434. The molecule has 2 atom stereocenters. The van der Waals surface area contributed by atoms with Crippen LogP contribution in [0, 0.1) is 5.92 Å². The third kappa shape index (κ3) is 5.74. The first-order chi connectivity index (χ1) is 15.1. The second-order valence-electron chi connectivity index (χ2n) is 7.72. The summed E-state index contributed by atoms with van der Waals surface area (Å²) in [5.74, 6) is 1.55. The number of benzene rings is 3. The minimum Gasteiger partial charge on any atom is -0.337 e. The Balaban J connectivity index is 1.51. The van der Waals surface area contributed by atoms with E-state index in [-0.39, 0.29) is 0 Å². The van der Waals surface area contributed by atoms with Gasteiger partial charge in [-0.15, -0.1) is 11.8 Å². The van der Waals surface area contributed by atoms with Gasteiger partial charge in [-0.1, -0.05) is 78.7 Å². The van der Waals surface area contributed by atoms with Crippen molar-refractivity contribution in [2.75, 3.05) is 0 Å². The van der Waals surface area contributed by atoms with Crippen molar-refractivity contribution in [3.05, 3.63) is 118 Å². The standard InChI is InChI=1S/C26H24Cl2N2S/c1-19(16-30-14-13-29-18-30)26(20-5-3-2-4-6-20)21-8-11-24(12-9-21)31-17-22-7-10-23(27)15-25(22)28/h2-15,18-19,26H,16-17H2,1H3. The summed E-state index contributed by atoms with van der Waals surface area (Å²) in [6, 6.07) is 25.4. The van der Waals surface area contributed by atoms with Crippen molar-refractivity contribution in [1.29, 1.82) is 0 Å². The molecule has 0 saturated heterocycles. The van der Waals surface area contributed by atoms with Crippen LogP contribution in [0.25, 0.3) is 0 Å². The van der Waals surface area contributed by atoms with Gasteiger partial charge in [-0.2, -0.15) is 0 Å². The zero-order chi connectivity index (χ0) is 21.6. The van der Waals surface area contributed by atoms with Gasteiger partial charge in [0.2, 0.25) is 0 Å². The van der Waals surface area contributed by atoms with Gasteiger partial charge in [-0.05, 0) is 46.9 Å². The Morgan fingerprint density at radius 2 is 1.68 bits per heavy atom. The van der Waals surface area contributed by atoms with E-state index in [1.54, 1.807) is 17.8 Å². The van der Waals surface area contributed by atoms with Crippen LogP contribution in [-0.2, 0) is 12.3 Å². The third-order valence-corrected chi connectivity index (χ3v) is 7.08. The highest BCUT2D eigenvalue weighted by Crippen LogP contribution is 2.35. The first-order valence-corrected chi connectivity index (χ1v) is 12.0. The van der Waals surface area contributed by atoms with Crippen LogP contribution >= 0.6 is 35.0 Å². The van der Waals surface area contributed by atoms with Crippen LogP contribution in [0.1, 0.15) is 29.5 Å². The molecule has 0 aliphatic rings. The second-order valence-corrected chi connectivity index (χ2v) is 9.61. The van der Waals surface area contributed by atoms with Crippen LogP contribution in [0.15, 0.2) is 96.4 Å². The minimum absolute atomic E-state index is 0.313. The predicted molar refractivity (Wildman–Crippen MR) is 132 cm³/mol. The fraction of sp³-hybridized carbons (Fsp3) is 0.192. The summed E-state index contributed by atoms with van der Waals surface area (Å²) in [6.07, 6.45) is 5.75. The minimum atomic E-state index is 0.313. The van der Waals surface area contributed by atoms with E-state index in [1.165, 1.54) is 16.0 Å². The summed E-state index contributed by atoms with van der Waals surface area (Å²) in [7, 11) is 0. The topological polar surface area (TPSA) is 17.8 Å². The molecule has 0 saturated carbocycles. The highest BCUT2D eigenvalue weighted by molar-refractivity contribution is 7.98. The Bertz CT molecular complexity index is 1100. The summed E-state index contributed by atoms with van der Waals surface area (Å²) in [6.45, 7) is 3.23. The molecule has 2 nitrogen and oxygen atoms in total. The van der Waals surface area contributed by atoms with Crippen molar-refractivity contribution in [3.8, 4) is 0 Å². The van der Waals surface area contributed by atoms with Gasteiger partial charge in [-0.3, -0.25) is 0 Å². The van der Waals surface area contributed by atoms with Gasteiger partial charge < -0.3 is 4.57 Å². The first kappa shape index (κ1) is 22.0. The predicted octanol–water partition coefficient (Wildman–Crippen LogP) is 7.95. The van der Waals surface area contributed by atoms with Crippen LogP contribution in [0.3, 0.4) is 0 Å². The molecule has 0 fully saturated rings. The van der Waals surface area contributed by atoms with E-state index in [2.05, 4.69) is 71.1 Å². The van der Waals surface area contributed by atoms with Gasteiger partial charge in [0.1, 0.15) is 0 Å². The van der Waals surface area contributed by atoms with E-state index < -0.39 is 0 Å². The Labute approximate surface area is 198 Å². The molecule has 0 amide bonds. The Morgan fingerprint density at radius 1 is 0.935 bits per heavy atom. The molecule has 158 valence electrons. The van der Waals surface area contributed by atoms with Crippen molar-refractivity contribution in [2.24, 2.45) is 5.92 Å². The maximum absolute atomic E-state index is 6.32. The molecule has 5 heteroatoms. The lowest BCUT2D eigenvalue weighted by atomic mass is 9.81. The Hall–Kier alpha value is -2.20. The molecule has 2 unspecified atom stereocenters. The van der Waals surface area contributed by atoms with Gasteiger partial charge in [0.05, 0.1) is 6.33 Å². The number of hydrogen-bond donors (Lipinski definition) is 0. The number of halogens is 2. The molecule has 0 spiro atoms. The molecule has 4 aromatic rings. The van der Waals surface area contributed by atoms with Crippen molar-refractivity contribution < 1.29 is 0 Å². The number of nitrogens with zero attached hydrogens (tertiary/aromatic N) is 2. The number of hydrogen-bond acceptors (Lipinski definition) is 2. The van der Waals surface area contributed by atoms with Crippen LogP contribution in [-0.4, -0.2) is 9.55 Å². The van der Waals surface area contributed by atoms with Crippen LogP contribution in [0.4, 0.5) is 0 Å². The highest BCUT2D eigenvalue weighted by Gasteiger charge is 2.21. The van der Waals surface area contributed by atoms with Gasteiger partial charge >= 0.3 is 0 Å². The first-order valence-electron chi connectivity index (χ1n) is 10.3. The van der Waals surface area contributed by atoms with Gasteiger partial charge in [-0.25, -0.2) is 4.98 Å². The monoisotopic (exact) mass is 466 g/mol. The number of rotatable bonds is 8. The third-order valence-electron chi connectivity index (χ3n) is 5.43. The fourth-order valence-electron chi connectivity index (χ4n) is 3.91. The zero-order valence-corrected chi connectivity index (χ0v) is 19.6. The number of thioether (sulfide) groups is 1. The number of imidazole rings is 1. The molecular weight excluding hydrogens is 443 g/mol. The normalized spacial score (nSPS) is 13.1. The summed E-state index contributed by atoms with van der Waals surface area (Å²) in [4.78, 5) is 5.42. The van der Waals surface area contributed by atoms with Crippen LogP contribution < -0.4 is 0 Å². The molecule has 0 aliphatic carbocycles. The summed E-state index contributed by atoms with van der Waals surface area (Å²) in [5.41, 5.74) is 3.76. The molecule has 0 N–H and O–H groups in total. The van der Waals surface area contributed by atoms with Crippen molar-refractivity contribution in [2.45, 2.75) is 30.0 Å². The molecule has 0 bridgehead atoms. The lowest BCUT2D eigenvalue weighted by Crippen LogP contribution is -2.17. The van der Waals surface area contributed by atoms with E-state index in [0.29, 0.717) is 21.9 Å². The van der Waals surface area contributed by atoms with Crippen molar-refractivity contribution in [3.63, 3.8) is 0 Å². The molecule has 3 aromatic carbocycles. The Kier molecular flexibility index (Phi) is 7.39. The molecule has 0 radical (unpaired) electrons. The molecule has 4 rings (SSSR count). The summed E-state index contributed by atoms with van der Waals surface area (Å²) >= 11 is 14.1. The summed E-state index contributed by atoms with van der Waals surface area (Å²) in [5, 5.41) is 1.38. The maximum atomic E-state index is 6.32. The molecule has 31 heavy (non-hydrogen) atoms. The quantitative estimate of drug-likeness (QED) is 0.245. The van der Waals surface area contributed by atoms with E-state index in [1.807, 2.05) is 30.9 Å². The highest BCUT2D eigenvalue weighted by atomic mass is 35.5. The van der Waals surface area contributed by atoms with Gasteiger partial charge in [0.25, 0.3) is 0 Å². The molecule has 1 aromatic heterocycles. The molecule has 0 aliphatic heterocycles. The second kappa shape index (κ2) is 10.4. The van der Waals surface area contributed by atoms with E-state index in [4.69, 9.17) is 23.2 Å². The maximum Gasteiger partial charge on any atom is 0.0946 e. The largest absolute Gasteiger partial charge is 0.337 e. The van der Waals surface area contributed by atoms with Gasteiger partial charge in [0, 0.05) is 45.5 Å². The lowest BCUT2D eigenvalue weighted by Gasteiger charge is -2.26.